The number of hydrogen-bond acceptors (Lipinski definition) is 6. The van der Waals surface area contributed by atoms with Crippen molar-refractivity contribution in [2.75, 3.05) is 14.1 Å². The largest absolute Gasteiger partial charge is 0.726 e. The second-order valence-corrected chi connectivity index (χ2v) is 9.28. The molecule has 4 rings (SSSR count). The van der Waals surface area contributed by atoms with E-state index < -0.39 is 20.8 Å². The van der Waals surface area contributed by atoms with E-state index >= 15 is 0 Å². The summed E-state index contributed by atoms with van der Waals surface area (Å²) < 4.78 is 70.4. The van der Waals surface area contributed by atoms with Crippen molar-refractivity contribution in [1.29, 1.82) is 0 Å². The Morgan fingerprint density at radius 3 is 1.93 bits per heavy atom. The van der Waals surface area contributed by atoms with Crippen LogP contribution in [0.3, 0.4) is 0 Å². The van der Waals surface area contributed by atoms with Gasteiger partial charge in [0.2, 0.25) is 20.8 Å². The Morgan fingerprint density at radius 2 is 1.40 bits per heavy atom. The summed E-state index contributed by atoms with van der Waals surface area (Å²) in [4.78, 5) is 0. The minimum atomic E-state index is -4.92. The molecule has 2 aliphatic heterocycles. The highest BCUT2D eigenvalue weighted by molar-refractivity contribution is 7.80. The number of nitrogens with zero attached hydrogens (tertiary/aromatic N) is 2. The van der Waals surface area contributed by atoms with Crippen molar-refractivity contribution in [2.45, 2.75) is 19.9 Å². The molecule has 0 aromatic heterocycles. The van der Waals surface area contributed by atoms with E-state index in [4.69, 9.17) is 35.0 Å². The van der Waals surface area contributed by atoms with Gasteiger partial charge in [-0.1, -0.05) is 6.08 Å². The van der Waals surface area contributed by atoms with Crippen LogP contribution in [-0.2, 0) is 20.8 Å². The van der Waals surface area contributed by atoms with Crippen LogP contribution in [-0.4, -0.2) is 76.8 Å². The molecule has 4 unspecified atom stereocenters. The summed E-state index contributed by atoms with van der Waals surface area (Å²) in [5, 5.41) is 0. The zero-order valence-electron chi connectivity index (χ0n) is 16.8. The van der Waals surface area contributed by atoms with Gasteiger partial charge in [-0.25, -0.2) is 26.0 Å². The van der Waals surface area contributed by atoms with E-state index in [1.165, 1.54) is 22.4 Å². The molecule has 0 bridgehead atoms. The van der Waals surface area contributed by atoms with E-state index in [9.17, 15) is 0 Å². The Bertz CT molecular complexity index is 1080. The zero-order valence-corrected chi connectivity index (χ0v) is 18.5. The zero-order chi connectivity index (χ0) is 23.0. The van der Waals surface area contributed by atoms with Crippen molar-refractivity contribution in [3.05, 3.63) is 46.7 Å². The highest BCUT2D eigenvalue weighted by Crippen LogP contribution is 2.46. The lowest BCUT2D eigenvalue weighted by atomic mass is 9.65. The van der Waals surface area contributed by atoms with Gasteiger partial charge in [0.15, 0.2) is 18.0 Å². The molecule has 0 amide bonds. The Labute approximate surface area is 176 Å². The second-order valence-electron chi connectivity index (χ2n) is 7.56. The molecular weight excluding hydrogens is 436 g/mol. The van der Waals surface area contributed by atoms with Crippen LogP contribution in [0.1, 0.15) is 13.8 Å². The van der Waals surface area contributed by atoms with E-state index in [-0.39, 0.29) is 0 Å². The van der Waals surface area contributed by atoms with Gasteiger partial charge < -0.3 is 9.11 Å². The average Bonchev–Trinajstić information content (AvgIpc) is 2.50. The maximum absolute atomic E-state index is 8.63. The van der Waals surface area contributed by atoms with Crippen LogP contribution in [0.15, 0.2) is 46.7 Å². The molecule has 2 N–H and O–H groups in total. The molecule has 4 aliphatic rings. The first-order valence-corrected chi connectivity index (χ1v) is 11.6. The van der Waals surface area contributed by atoms with E-state index in [0.717, 1.165) is 0 Å². The normalized spacial score (nSPS) is 29.1. The molecule has 0 saturated heterocycles. The van der Waals surface area contributed by atoms with Crippen molar-refractivity contribution in [3.63, 3.8) is 0 Å². The van der Waals surface area contributed by atoms with E-state index in [1.807, 2.05) is 0 Å². The Balaban J connectivity index is 0.000000271. The van der Waals surface area contributed by atoms with Crippen molar-refractivity contribution in [3.8, 4) is 0 Å². The fourth-order valence-electron chi connectivity index (χ4n) is 4.44. The molecule has 0 radical (unpaired) electrons. The lowest BCUT2D eigenvalue weighted by molar-refractivity contribution is -0.544. The van der Waals surface area contributed by atoms with Crippen LogP contribution < -0.4 is 0 Å². The third-order valence-corrected chi connectivity index (χ3v) is 5.18. The van der Waals surface area contributed by atoms with Crippen LogP contribution in [0.2, 0.25) is 0 Å². The summed E-state index contributed by atoms with van der Waals surface area (Å²) in [5.41, 5.74) is 5.76. The average molecular weight is 461 g/mol. The SMILES string of the molecule is CC1=CC2C=[N+](C)C3C=C(C)C=C4C=[N+](C)C(=C1)C2C43.O=S(=O)([O-])O.O=S(=O)([O-])O. The highest BCUT2D eigenvalue weighted by Gasteiger charge is 2.53. The van der Waals surface area contributed by atoms with Gasteiger partial charge in [0.1, 0.15) is 20.3 Å². The molecule has 0 fully saturated rings. The summed E-state index contributed by atoms with van der Waals surface area (Å²) in [6.07, 6.45) is 14.4. The third kappa shape index (κ3) is 6.52. The number of hydrogen-bond donors (Lipinski definition) is 2. The van der Waals surface area contributed by atoms with Gasteiger partial charge in [-0.15, -0.1) is 0 Å². The minimum Gasteiger partial charge on any atom is -0.726 e. The Kier molecular flexibility index (Phi) is 7.01. The summed E-state index contributed by atoms with van der Waals surface area (Å²) in [6.45, 7) is 4.43. The third-order valence-electron chi connectivity index (χ3n) is 5.18. The molecule has 30 heavy (non-hydrogen) atoms. The number of rotatable bonds is 0. The van der Waals surface area contributed by atoms with Crippen molar-refractivity contribution in [2.24, 2.45) is 17.8 Å². The molecule has 166 valence electrons. The molecule has 0 aromatic rings. The Morgan fingerprint density at radius 1 is 0.900 bits per heavy atom. The van der Waals surface area contributed by atoms with Crippen molar-refractivity contribution in [1.82, 2.24) is 0 Å². The molecule has 0 saturated carbocycles. The first-order valence-electron chi connectivity index (χ1n) is 8.86. The first kappa shape index (κ1) is 24.3. The van der Waals surface area contributed by atoms with Gasteiger partial charge in [0, 0.05) is 11.6 Å². The smallest absolute Gasteiger partial charge is 0.215 e. The molecule has 2 aliphatic carbocycles. The second kappa shape index (κ2) is 8.65. The van der Waals surface area contributed by atoms with Crippen LogP contribution in [0.25, 0.3) is 0 Å². The standard InChI is InChI=1S/C18H22N2.2H2O4S/c1-11-5-13-9-20(4)16-8-12(2)6-14-10-19(3)15(7-11)17(13)18(14)16;2*1-5(2,3)4/h5-10,13,16-18H,1-4H3;2*(H2,1,2,3,4)/q+2;;/p-2. The molecule has 10 nitrogen and oxygen atoms in total. The molecule has 2 heterocycles. The predicted octanol–water partition coefficient (Wildman–Crippen LogP) is 0.396. The molecule has 0 spiro atoms. The number of allylic oxidation sites excluding steroid dienone is 6. The quantitative estimate of drug-likeness (QED) is 0.298. The molecule has 4 atom stereocenters. The summed E-state index contributed by atoms with van der Waals surface area (Å²) in [6, 6.07) is 0.511. The van der Waals surface area contributed by atoms with E-state index in [0.29, 0.717) is 23.8 Å². The summed E-state index contributed by atoms with van der Waals surface area (Å²) >= 11 is 0. The van der Waals surface area contributed by atoms with Crippen LogP contribution in [0, 0.1) is 17.8 Å². The molecule has 12 heteroatoms. The van der Waals surface area contributed by atoms with Crippen LogP contribution >= 0.6 is 0 Å². The van der Waals surface area contributed by atoms with E-state index in [1.54, 1.807) is 0 Å². The maximum Gasteiger partial charge on any atom is 0.215 e. The topological polar surface area (TPSA) is 161 Å². The summed E-state index contributed by atoms with van der Waals surface area (Å²) in [5.74, 6) is 1.74. The fraction of sp³-hybridized carbons (Fsp3) is 0.444. The predicted molar refractivity (Wildman–Crippen MR) is 107 cm³/mol. The lowest BCUT2D eigenvalue weighted by Crippen LogP contribution is -2.51. The monoisotopic (exact) mass is 460 g/mol. The molecular formula is C18H24N2O8S2. The van der Waals surface area contributed by atoms with Gasteiger partial charge >= 0.3 is 0 Å². The van der Waals surface area contributed by atoms with Crippen molar-refractivity contribution < 1.29 is 44.2 Å². The first-order chi connectivity index (χ1) is 13.5. The van der Waals surface area contributed by atoms with Crippen LogP contribution in [0.5, 0.6) is 0 Å². The van der Waals surface area contributed by atoms with Crippen LogP contribution in [0.4, 0.5) is 0 Å². The van der Waals surface area contributed by atoms with Gasteiger partial charge in [-0.2, -0.15) is 0 Å². The van der Waals surface area contributed by atoms with Crippen molar-refractivity contribution >= 4 is 33.2 Å². The van der Waals surface area contributed by atoms with Gasteiger partial charge in [-0.3, -0.25) is 9.11 Å². The lowest BCUT2D eigenvalue weighted by Gasteiger charge is -2.40. The summed E-state index contributed by atoms with van der Waals surface area (Å²) in [7, 11) is -5.41. The van der Waals surface area contributed by atoms with E-state index in [2.05, 4.69) is 73.8 Å². The minimum absolute atomic E-state index is 0.511. The molecule has 0 aromatic carbocycles. The fourth-order valence-corrected chi connectivity index (χ4v) is 4.44. The van der Waals surface area contributed by atoms with Gasteiger partial charge in [0.05, 0.1) is 17.8 Å². The highest BCUT2D eigenvalue weighted by atomic mass is 32.3. The maximum atomic E-state index is 8.63. The van der Waals surface area contributed by atoms with Gasteiger partial charge in [-0.05, 0) is 37.1 Å². The van der Waals surface area contributed by atoms with Gasteiger partial charge in [0.25, 0.3) is 0 Å². The Hall–Kier alpha value is -1.96. The number of likely N-dealkylation sites (N-methyl/N-ethyl adjacent to an activating group) is 1.